The summed E-state index contributed by atoms with van der Waals surface area (Å²) in [6.45, 7) is 7.44. The van der Waals surface area contributed by atoms with E-state index in [0.717, 1.165) is 16.7 Å². The fourth-order valence-corrected chi connectivity index (χ4v) is 2.46. The molecule has 3 aromatic rings. The highest BCUT2D eigenvalue weighted by Gasteiger charge is 2.17. The number of anilines is 2. The van der Waals surface area contributed by atoms with Gasteiger partial charge in [-0.3, -0.25) is 0 Å². The highest BCUT2D eigenvalue weighted by atomic mass is 19.3. The monoisotopic (exact) mass is 344 g/mol. The van der Waals surface area contributed by atoms with Gasteiger partial charge in [0.2, 0.25) is 5.95 Å². The molecule has 7 heteroatoms. The molecule has 0 fully saturated rings. The SMILES string of the molecule is Cc1ccc(-c2cc(C(F)F)nc(Nc3c(C)noc3C)n2)cc1C. The van der Waals surface area contributed by atoms with Gasteiger partial charge >= 0.3 is 0 Å². The Labute approximate surface area is 144 Å². The molecule has 5 nitrogen and oxygen atoms in total. The van der Waals surface area contributed by atoms with Crippen molar-refractivity contribution in [2.45, 2.75) is 34.1 Å². The Morgan fingerprint density at radius 2 is 1.76 bits per heavy atom. The third-order valence-electron chi connectivity index (χ3n) is 4.04. The summed E-state index contributed by atoms with van der Waals surface area (Å²) < 4.78 is 31.6. The van der Waals surface area contributed by atoms with Crippen LogP contribution in [0.2, 0.25) is 0 Å². The lowest BCUT2D eigenvalue weighted by Gasteiger charge is -2.10. The Kier molecular flexibility index (Phi) is 4.48. The van der Waals surface area contributed by atoms with Crippen molar-refractivity contribution in [3.8, 4) is 11.3 Å². The fraction of sp³-hybridized carbons (Fsp3) is 0.278. The number of hydrogen-bond donors (Lipinski definition) is 1. The van der Waals surface area contributed by atoms with E-state index >= 15 is 0 Å². The lowest BCUT2D eigenvalue weighted by molar-refractivity contribution is 0.146. The van der Waals surface area contributed by atoms with Crippen molar-refractivity contribution in [3.05, 3.63) is 52.5 Å². The summed E-state index contributed by atoms with van der Waals surface area (Å²) in [7, 11) is 0. The number of nitrogens with one attached hydrogen (secondary N) is 1. The average molecular weight is 344 g/mol. The molecule has 1 aromatic carbocycles. The molecule has 0 atom stereocenters. The third kappa shape index (κ3) is 3.50. The molecule has 0 aliphatic rings. The lowest BCUT2D eigenvalue weighted by atomic mass is 10.0. The minimum Gasteiger partial charge on any atom is -0.359 e. The first kappa shape index (κ1) is 17.0. The molecule has 25 heavy (non-hydrogen) atoms. The molecule has 130 valence electrons. The molecule has 1 N–H and O–H groups in total. The second-order valence-corrected chi connectivity index (χ2v) is 5.93. The predicted molar refractivity (Wildman–Crippen MR) is 91.2 cm³/mol. The normalized spacial score (nSPS) is 11.2. The van der Waals surface area contributed by atoms with Gasteiger partial charge in [0.05, 0.1) is 5.69 Å². The van der Waals surface area contributed by atoms with Crippen LogP contribution >= 0.6 is 0 Å². The summed E-state index contributed by atoms with van der Waals surface area (Å²) >= 11 is 0. The van der Waals surface area contributed by atoms with E-state index in [9.17, 15) is 8.78 Å². The summed E-state index contributed by atoms with van der Waals surface area (Å²) in [5.41, 5.74) is 4.24. The molecule has 0 unspecified atom stereocenters. The summed E-state index contributed by atoms with van der Waals surface area (Å²) in [6, 6.07) is 7.04. The molecular formula is C18H18F2N4O. The van der Waals surface area contributed by atoms with Crippen molar-refractivity contribution < 1.29 is 13.3 Å². The maximum Gasteiger partial charge on any atom is 0.280 e. The van der Waals surface area contributed by atoms with Gasteiger partial charge in [-0.15, -0.1) is 0 Å². The lowest BCUT2D eigenvalue weighted by Crippen LogP contribution is -2.03. The zero-order valence-corrected chi connectivity index (χ0v) is 14.4. The van der Waals surface area contributed by atoms with Crippen LogP contribution in [-0.2, 0) is 0 Å². The Morgan fingerprint density at radius 3 is 2.36 bits per heavy atom. The Bertz CT molecular complexity index is 902. The second kappa shape index (κ2) is 6.58. The van der Waals surface area contributed by atoms with E-state index in [1.54, 1.807) is 13.8 Å². The highest BCUT2D eigenvalue weighted by molar-refractivity contribution is 5.65. The van der Waals surface area contributed by atoms with Gasteiger partial charge in [-0.25, -0.2) is 18.7 Å². The van der Waals surface area contributed by atoms with Crippen LogP contribution in [0.4, 0.5) is 20.4 Å². The number of hydrogen-bond acceptors (Lipinski definition) is 5. The van der Waals surface area contributed by atoms with Crippen LogP contribution in [0.15, 0.2) is 28.8 Å². The molecule has 0 spiro atoms. The average Bonchev–Trinajstić information content (AvgIpc) is 2.89. The van der Waals surface area contributed by atoms with Crippen LogP contribution in [-0.4, -0.2) is 15.1 Å². The van der Waals surface area contributed by atoms with Crippen LogP contribution in [0, 0.1) is 27.7 Å². The van der Waals surface area contributed by atoms with E-state index in [2.05, 4.69) is 20.4 Å². The van der Waals surface area contributed by atoms with E-state index in [-0.39, 0.29) is 11.6 Å². The quantitative estimate of drug-likeness (QED) is 0.718. The number of alkyl halides is 2. The van der Waals surface area contributed by atoms with Gasteiger partial charge < -0.3 is 9.84 Å². The number of aryl methyl sites for hydroxylation is 4. The topological polar surface area (TPSA) is 63.8 Å². The molecule has 0 saturated carbocycles. The van der Waals surface area contributed by atoms with E-state index in [1.165, 1.54) is 6.07 Å². The van der Waals surface area contributed by atoms with Crippen LogP contribution < -0.4 is 5.32 Å². The van der Waals surface area contributed by atoms with E-state index in [1.807, 2.05) is 32.0 Å². The maximum atomic E-state index is 13.3. The van der Waals surface area contributed by atoms with Gasteiger partial charge in [0.25, 0.3) is 6.43 Å². The standard InChI is InChI=1S/C18H18F2N4O/c1-9-5-6-13(7-10(9)2)14-8-15(17(19)20)22-18(21-14)23-16-11(3)24-25-12(16)4/h5-8,17H,1-4H3,(H,21,22,23). The van der Waals surface area contributed by atoms with Crippen LogP contribution in [0.1, 0.15) is 34.7 Å². The summed E-state index contributed by atoms with van der Waals surface area (Å²) in [4.78, 5) is 8.30. The van der Waals surface area contributed by atoms with Gasteiger partial charge in [-0.1, -0.05) is 17.3 Å². The molecule has 0 saturated heterocycles. The summed E-state index contributed by atoms with van der Waals surface area (Å²) in [6.07, 6.45) is -2.70. The summed E-state index contributed by atoms with van der Waals surface area (Å²) in [5.74, 6) is 0.622. The molecule has 3 rings (SSSR count). The number of aromatic nitrogens is 3. The molecule has 2 heterocycles. The fourth-order valence-electron chi connectivity index (χ4n) is 2.46. The smallest absolute Gasteiger partial charge is 0.280 e. The van der Waals surface area contributed by atoms with Gasteiger partial charge in [-0.2, -0.15) is 0 Å². The van der Waals surface area contributed by atoms with Gasteiger partial charge in [0.15, 0.2) is 5.76 Å². The van der Waals surface area contributed by atoms with Crippen molar-refractivity contribution >= 4 is 11.6 Å². The molecule has 0 amide bonds. The van der Waals surface area contributed by atoms with Crippen molar-refractivity contribution in [1.29, 1.82) is 0 Å². The van der Waals surface area contributed by atoms with Crippen LogP contribution in [0.3, 0.4) is 0 Å². The number of rotatable bonds is 4. The number of benzene rings is 1. The maximum absolute atomic E-state index is 13.3. The first-order valence-electron chi connectivity index (χ1n) is 7.80. The molecular weight excluding hydrogens is 326 g/mol. The molecule has 0 aliphatic heterocycles. The van der Waals surface area contributed by atoms with Gasteiger partial charge in [0.1, 0.15) is 17.1 Å². The van der Waals surface area contributed by atoms with Crippen LogP contribution in [0.5, 0.6) is 0 Å². The zero-order chi connectivity index (χ0) is 18.1. The first-order valence-corrected chi connectivity index (χ1v) is 7.80. The molecule has 0 radical (unpaired) electrons. The van der Waals surface area contributed by atoms with Gasteiger partial charge in [0, 0.05) is 5.56 Å². The van der Waals surface area contributed by atoms with Crippen molar-refractivity contribution in [3.63, 3.8) is 0 Å². The highest BCUT2D eigenvalue weighted by Crippen LogP contribution is 2.28. The molecule has 0 aliphatic carbocycles. The van der Waals surface area contributed by atoms with Crippen molar-refractivity contribution in [2.24, 2.45) is 0 Å². The van der Waals surface area contributed by atoms with Crippen molar-refractivity contribution in [2.75, 3.05) is 5.32 Å². The van der Waals surface area contributed by atoms with E-state index in [4.69, 9.17) is 4.52 Å². The third-order valence-corrected chi connectivity index (χ3v) is 4.04. The Hall–Kier alpha value is -2.83. The van der Waals surface area contributed by atoms with Gasteiger partial charge in [-0.05, 0) is 51.0 Å². The zero-order valence-electron chi connectivity index (χ0n) is 14.4. The predicted octanol–water partition coefficient (Wildman–Crippen LogP) is 5.05. The Morgan fingerprint density at radius 1 is 1.00 bits per heavy atom. The minimum absolute atomic E-state index is 0.0837. The summed E-state index contributed by atoms with van der Waals surface area (Å²) in [5, 5.41) is 6.77. The molecule has 2 aromatic heterocycles. The van der Waals surface area contributed by atoms with E-state index in [0.29, 0.717) is 22.8 Å². The Balaban J connectivity index is 2.07. The second-order valence-electron chi connectivity index (χ2n) is 5.93. The van der Waals surface area contributed by atoms with E-state index < -0.39 is 6.43 Å². The van der Waals surface area contributed by atoms with Crippen molar-refractivity contribution in [1.82, 2.24) is 15.1 Å². The largest absolute Gasteiger partial charge is 0.359 e. The molecule has 0 bridgehead atoms. The number of nitrogens with zero attached hydrogens (tertiary/aromatic N) is 3. The number of halogens is 2. The minimum atomic E-state index is -2.70. The van der Waals surface area contributed by atoms with Crippen LogP contribution in [0.25, 0.3) is 11.3 Å². The first-order chi connectivity index (χ1) is 11.8.